The van der Waals surface area contributed by atoms with Crippen LogP contribution in [0.15, 0.2) is 30.3 Å². The Hall–Kier alpha value is -1.03. The second kappa shape index (κ2) is 5.31. The minimum Gasteiger partial charge on any atom is -0.309 e. The summed E-state index contributed by atoms with van der Waals surface area (Å²) in [5.41, 5.74) is 0.711. The van der Waals surface area contributed by atoms with E-state index in [1.54, 1.807) is 24.3 Å². The van der Waals surface area contributed by atoms with Gasteiger partial charge in [0, 0.05) is 6.04 Å². The van der Waals surface area contributed by atoms with Gasteiger partial charge in [0.25, 0.3) is 0 Å². The monoisotopic (exact) mass is 257 g/mol. The minimum atomic E-state index is -4.14. The molecule has 0 saturated heterocycles. The molecule has 0 radical (unpaired) electrons. The van der Waals surface area contributed by atoms with Crippen molar-refractivity contribution >= 4 is 0 Å². The van der Waals surface area contributed by atoms with Gasteiger partial charge in [0.05, 0.1) is 6.42 Å². The Bertz CT molecular complexity index is 374. The standard InChI is InChI=1S/C14H18F3N/c1-10-7-12(10)9-18-13(8-14(15,16)17)11-5-3-2-4-6-11/h2-6,10,12-13,18H,7-9H2,1H3. The molecule has 1 aromatic carbocycles. The molecule has 18 heavy (non-hydrogen) atoms. The van der Waals surface area contributed by atoms with Gasteiger partial charge in [0.2, 0.25) is 0 Å². The normalized spacial score (nSPS) is 24.9. The Morgan fingerprint density at radius 1 is 1.28 bits per heavy atom. The van der Waals surface area contributed by atoms with E-state index >= 15 is 0 Å². The lowest BCUT2D eigenvalue weighted by Gasteiger charge is -2.20. The molecule has 0 spiro atoms. The first-order chi connectivity index (χ1) is 8.46. The maximum atomic E-state index is 12.6. The fraction of sp³-hybridized carbons (Fsp3) is 0.571. The Balaban J connectivity index is 1.98. The van der Waals surface area contributed by atoms with Gasteiger partial charge in [-0.15, -0.1) is 0 Å². The molecule has 1 N–H and O–H groups in total. The number of alkyl halides is 3. The highest BCUT2D eigenvalue weighted by Crippen LogP contribution is 2.38. The van der Waals surface area contributed by atoms with Crippen molar-refractivity contribution in [2.24, 2.45) is 11.8 Å². The van der Waals surface area contributed by atoms with Crippen LogP contribution in [0, 0.1) is 11.8 Å². The molecular formula is C14H18F3N. The molecule has 4 heteroatoms. The van der Waals surface area contributed by atoms with Crippen LogP contribution in [0.2, 0.25) is 0 Å². The first-order valence-corrected chi connectivity index (χ1v) is 6.31. The fourth-order valence-electron chi connectivity index (χ4n) is 2.20. The molecule has 1 nitrogen and oxygen atoms in total. The molecule has 0 bridgehead atoms. The van der Waals surface area contributed by atoms with Crippen LogP contribution < -0.4 is 5.32 Å². The van der Waals surface area contributed by atoms with Crippen LogP contribution in [-0.4, -0.2) is 12.7 Å². The van der Waals surface area contributed by atoms with Crippen LogP contribution in [0.5, 0.6) is 0 Å². The van der Waals surface area contributed by atoms with Crippen molar-refractivity contribution in [1.29, 1.82) is 0 Å². The number of hydrogen-bond donors (Lipinski definition) is 1. The maximum absolute atomic E-state index is 12.6. The molecule has 1 aliphatic rings. The lowest BCUT2D eigenvalue weighted by atomic mass is 10.0. The average Bonchev–Trinajstić information content (AvgIpc) is 3.00. The van der Waals surface area contributed by atoms with E-state index in [-0.39, 0.29) is 0 Å². The average molecular weight is 257 g/mol. The van der Waals surface area contributed by atoms with Crippen LogP contribution in [0.4, 0.5) is 13.2 Å². The largest absolute Gasteiger partial charge is 0.390 e. The molecule has 0 aromatic heterocycles. The van der Waals surface area contributed by atoms with Crippen molar-refractivity contribution in [2.45, 2.75) is 32.0 Å². The van der Waals surface area contributed by atoms with E-state index in [1.165, 1.54) is 0 Å². The summed E-state index contributed by atoms with van der Waals surface area (Å²) in [5.74, 6) is 1.20. The van der Waals surface area contributed by atoms with Crippen LogP contribution in [0.3, 0.4) is 0 Å². The van der Waals surface area contributed by atoms with Gasteiger partial charge < -0.3 is 5.32 Å². The van der Waals surface area contributed by atoms with Crippen molar-refractivity contribution in [3.63, 3.8) is 0 Å². The van der Waals surface area contributed by atoms with Crippen molar-refractivity contribution in [3.8, 4) is 0 Å². The molecule has 2 rings (SSSR count). The second-order valence-corrected chi connectivity index (χ2v) is 5.16. The van der Waals surface area contributed by atoms with Crippen molar-refractivity contribution in [3.05, 3.63) is 35.9 Å². The van der Waals surface area contributed by atoms with E-state index in [4.69, 9.17) is 0 Å². The van der Waals surface area contributed by atoms with Gasteiger partial charge in [-0.05, 0) is 30.4 Å². The third-order valence-electron chi connectivity index (χ3n) is 3.54. The van der Waals surface area contributed by atoms with Crippen LogP contribution in [0.1, 0.15) is 31.4 Å². The third-order valence-corrected chi connectivity index (χ3v) is 3.54. The smallest absolute Gasteiger partial charge is 0.309 e. The van der Waals surface area contributed by atoms with Crippen molar-refractivity contribution in [2.75, 3.05) is 6.54 Å². The molecule has 1 aromatic rings. The van der Waals surface area contributed by atoms with Gasteiger partial charge in [-0.2, -0.15) is 13.2 Å². The molecule has 3 atom stereocenters. The quantitative estimate of drug-likeness (QED) is 0.842. The number of rotatable bonds is 5. The Kier molecular flexibility index (Phi) is 3.95. The summed E-state index contributed by atoms with van der Waals surface area (Å²) < 4.78 is 37.7. The van der Waals surface area contributed by atoms with Crippen LogP contribution >= 0.6 is 0 Å². The molecule has 1 aliphatic carbocycles. The Labute approximate surface area is 105 Å². The number of benzene rings is 1. The predicted octanol–water partition coefficient (Wildman–Crippen LogP) is 3.93. The lowest BCUT2D eigenvalue weighted by molar-refractivity contribution is -0.140. The molecule has 100 valence electrons. The van der Waals surface area contributed by atoms with Gasteiger partial charge in [-0.25, -0.2) is 0 Å². The summed E-state index contributed by atoms with van der Waals surface area (Å²) in [5, 5.41) is 3.06. The maximum Gasteiger partial charge on any atom is 0.390 e. The number of halogens is 3. The first-order valence-electron chi connectivity index (χ1n) is 6.31. The molecule has 0 heterocycles. The van der Waals surface area contributed by atoms with E-state index in [2.05, 4.69) is 12.2 Å². The second-order valence-electron chi connectivity index (χ2n) is 5.16. The van der Waals surface area contributed by atoms with E-state index < -0.39 is 18.6 Å². The SMILES string of the molecule is CC1CC1CNC(CC(F)(F)F)c1ccccc1. The van der Waals surface area contributed by atoms with Gasteiger partial charge in [0.15, 0.2) is 0 Å². The zero-order chi connectivity index (χ0) is 13.2. The van der Waals surface area contributed by atoms with Crippen LogP contribution in [0.25, 0.3) is 0 Å². The summed E-state index contributed by atoms with van der Waals surface area (Å²) in [6.45, 7) is 2.81. The summed E-state index contributed by atoms with van der Waals surface area (Å²) in [4.78, 5) is 0. The minimum absolute atomic E-state index is 0.546. The predicted molar refractivity (Wildman–Crippen MR) is 65.1 cm³/mol. The molecular weight excluding hydrogens is 239 g/mol. The molecule has 1 saturated carbocycles. The van der Waals surface area contributed by atoms with E-state index in [0.717, 1.165) is 6.42 Å². The van der Waals surface area contributed by atoms with E-state index in [9.17, 15) is 13.2 Å². The van der Waals surface area contributed by atoms with Crippen LogP contribution in [-0.2, 0) is 0 Å². The number of nitrogens with one attached hydrogen (secondary N) is 1. The van der Waals surface area contributed by atoms with Gasteiger partial charge >= 0.3 is 6.18 Å². The number of hydrogen-bond acceptors (Lipinski definition) is 1. The zero-order valence-electron chi connectivity index (χ0n) is 10.4. The van der Waals surface area contributed by atoms with E-state index in [0.29, 0.717) is 23.9 Å². The lowest BCUT2D eigenvalue weighted by Crippen LogP contribution is -2.28. The topological polar surface area (TPSA) is 12.0 Å². The van der Waals surface area contributed by atoms with Crippen molar-refractivity contribution < 1.29 is 13.2 Å². The van der Waals surface area contributed by atoms with Gasteiger partial charge in [-0.3, -0.25) is 0 Å². The summed E-state index contributed by atoms with van der Waals surface area (Å²) in [6, 6.07) is 8.25. The van der Waals surface area contributed by atoms with Gasteiger partial charge in [0.1, 0.15) is 0 Å². The molecule has 3 unspecified atom stereocenters. The van der Waals surface area contributed by atoms with Gasteiger partial charge in [-0.1, -0.05) is 37.3 Å². The Morgan fingerprint density at radius 2 is 1.89 bits per heavy atom. The molecule has 0 amide bonds. The summed E-state index contributed by atoms with van der Waals surface area (Å²) in [6.07, 6.45) is -3.82. The fourth-order valence-corrected chi connectivity index (χ4v) is 2.20. The highest BCUT2D eigenvalue weighted by atomic mass is 19.4. The summed E-state index contributed by atoms with van der Waals surface area (Å²) >= 11 is 0. The molecule has 0 aliphatic heterocycles. The highest BCUT2D eigenvalue weighted by molar-refractivity contribution is 5.19. The summed E-state index contributed by atoms with van der Waals surface area (Å²) in [7, 11) is 0. The highest BCUT2D eigenvalue weighted by Gasteiger charge is 2.35. The molecule has 1 fully saturated rings. The zero-order valence-corrected chi connectivity index (χ0v) is 10.4. The van der Waals surface area contributed by atoms with Crippen molar-refractivity contribution in [1.82, 2.24) is 5.32 Å². The first kappa shape index (κ1) is 13.4. The van der Waals surface area contributed by atoms with E-state index in [1.807, 2.05) is 6.07 Å². The Morgan fingerprint density at radius 3 is 2.39 bits per heavy atom. The third kappa shape index (κ3) is 4.02.